The zero-order chi connectivity index (χ0) is 72.6. The van der Waals surface area contributed by atoms with E-state index in [0.29, 0.717) is 38.4 Å². The Kier molecular flexibility index (Phi) is 26.5. The van der Waals surface area contributed by atoms with Gasteiger partial charge in [-0.3, -0.25) is 0 Å². The number of hydrogen-bond acceptors (Lipinski definition) is 7. The molecule has 0 aromatic carbocycles. The van der Waals surface area contributed by atoms with Gasteiger partial charge >= 0.3 is 0 Å². The van der Waals surface area contributed by atoms with Crippen LogP contribution in [0.5, 0.6) is 0 Å². The van der Waals surface area contributed by atoms with Crippen molar-refractivity contribution in [2.75, 3.05) is 7.11 Å². The van der Waals surface area contributed by atoms with Crippen molar-refractivity contribution >= 4 is 0 Å². The van der Waals surface area contributed by atoms with Gasteiger partial charge in [0, 0.05) is 7.11 Å². The van der Waals surface area contributed by atoms with Crippen LogP contribution in [0.15, 0.2) is 11.6 Å². The molecule has 0 bridgehead atoms. The Balaban J connectivity index is 0.000000186. The molecule has 0 heterocycles. The first-order chi connectivity index (χ1) is 45.5. The number of rotatable bonds is 15. The number of fused-ring (bicyclic) bond motifs is 15. The average molecular weight is 1390 g/mol. The highest BCUT2D eigenvalue weighted by Gasteiger charge is 2.65. The Bertz CT molecular complexity index is 2500. The Morgan fingerprint density at radius 3 is 1.02 bits per heavy atom. The second-order valence-electron chi connectivity index (χ2n) is 43.4. The van der Waals surface area contributed by atoms with Crippen LogP contribution in [0.1, 0.15) is 378 Å². The first-order valence-electron chi connectivity index (χ1n) is 42.9. The standard InChI is InChI=1S/2C30H54O2.C30H52O2.CH4O.CH4/c3*1-8-30(32)18-17-28(6)21(19-30)10-11-22-24-13-12-23(29(24,7)16-15-25(22)28)20(2)9-14-26(31)27(3,4)5;1-2;/h2*20-26,31-32H,8-19H2,1-7H3;10,20,22-26,31-32H,8-9,11-19H2,1-7H3;2H,1H3;1H4/t20-,21+,22+,23-,24+,25+,26-,28+,29-,30+;20-,21-,22+,23-,24+,25+,26-,28+,29-,30+;20-,22+,23-,24+,25+,26-,28+,29-,30+;;/m111../s1. The second-order valence-corrected chi connectivity index (χ2v) is 43.4. The molecule has 578 valence electrons. The molecule has 0 aromatic heterocycles. The van der Waals surface area contributed by atoms with Crippen molar-refractivity contribution in [3.8, 4) is 0 Å². The van der Waals surface area contributed by atoms with Crippen molar-refractivity contribution in [1.82, 2.24) is 0 Å². The van der Waals surface area contributed by atoms with Crippen LogP contribution < -0.4 is 0 Å². The molecular weight excluding hydrogens is 1220 g/mol. The fourth-order valence-corrected chi connectivity index (χ4v) is 28.4. The Hall–Kier alpha value is -0.540. The summed E-state index contributed by atoms with van der Waals surface area (Å²) in [6.45, 7) is 49.2. The third kappa shape index (κ3) is 16.3. The molecule has 29 atom stereocenters. The first-order valence-corrected chi connectivity index (χ1v) is 42.9. The third-order valence-corrected chi connectivity index (χ3v) is 35.8. The van der Waals surface area contributed by atoms with E-state index in [2.05, 4.69) is 151 Å². The topological polar surface area (TPSA) is 142 Å². The summed E-state index contributed by atoms with van der Waals surface area (Å²) in [5.41, 5.74) is 3.12. The summed E-state index contributed by atoms with van der Waals surface area (Å²) in [5, 5.41) is 71.9. The molecule has 7 nitrogen and oxygen atoms in total. The summed E-state index contributed by atoms with van der Waals surface area (Å²) in [7, 11) is 1.00. The van der Waals surface area contributed by atoms with Gasteiger partial charge in [-0.1, -0.05) is 164 Å². The van der Waals surface area contributed by atoms with Crippen LogP contribution in [0.4, 0.5) is 0 Å². The summed E-state index contributed by atoms with van der Waals surface area (Å²) in [6, 6.07) is 0. The molecule has 0 saturated heterocycles. The van der Waals surface area contributed by atoms with Crippen LogP contribution in [-0.2, 0) is 0 Å². The smallest absolute Gasteiger partial charge is 0.0682 e. The largest absolute Gasteiger partial charge is 0.400 e. The number of allylic oxidation sites excluding steroid dienone is 1. The quantitative estimate of drug-likeness (QED) is 0.0810. The monoisotopic (exact) mass is 1390 g/mol. The molecule has 0 unspecified atom stereocenters. The van der Waals surface area contributed by atoms with Gasteiger partial charge in [-0.25, -0.2) is 0 Å². The van der Waals surface area contributed by atoms with Crippen LogP contribution in [-0.4, -0.2) is 78.0 Å². The molecule has 0 spiro atoms. The highest BCUT2D eigenvalue weighted by Crippen LogP contribution is 2.73. The summed E-state index contributed by atoms with van der Waals surface area (Å²) in [4.78, 5) is 0. The molecule has 12 aliphatic rings. The lowest BCUT2D eigenvalue weighted by Gasteiger charge is -2.62. The van der Waals surface area contributed by atoms with Crippen molar-refractivity contribution < 1.29 is 35.7 Å². The number of aliphatic hydroxyl groups is 7. The van der Waals surface area contributed by atoms with Crippen LogP contribution in [0, 0.1) is 149 Å². The van der Waals surface area contributed by atoms with Gasteiger partial charge in [-0.2, -0.15) is 0 Å². The molecule has 0 aliphatic heterocycles. The molecule has 12 rings (SSSR count). The van der Waals surface area contributed by atoms with E-state index in [-0.39, 0.29) is 53.2 Å². The van der Waals surface area contributed by atoms with Crippen molar-refractivity contribution in [3.05, 3.63) is 11.6 Å². The molecular formula is C92H168O7. The van der Waals surface area contributed by atoms with E-state index in [9.17, 15) is 30.6 Å². The van der Waals surface area contributed by atoms with E-state index in [0.717, 1.165) is 185 Å². The van der Waals surface area contributed by atoms with Gasteiger partial charge in [0.05, 0.1) is 35.1 Å². The lowest BCUT2D eigenvalue weighted by atomic mass is 9.43. The molecule has 11 saturated carbocycles. The maximum Gasteiger partial charge on any atom is 0.0682 e. The molecule has 7 heteroatoms. The van der Waals surface area contributed by atoms with Crippen molar-refractivity contribution in [2.24, 2.45) is 149 Å². The molecule has 99 heavy (non-hydrogen) atoms. The second kappa shape index (κ2) is 31.2. The fourth-order valence-electron chi connectivity index (χ4n) is 28.4. The maximum atomic E-state index is 11.0. The van der Waals surface area contributed by atoms with Gasteiger partial charge in [-0.15, -0.1) is 0 Å². The molecule has 7 N–H and O–H groups in total. The lowest BCUT2D eigenvalue weighted by molar-refractivity contribution is -0.152. The van der Waals surface area contributed by atoms with E-state index < -0.39 is 5.60 Å². The normalized spacial score (nSPS) is 46.3. The van der Waals surface area contributed by atoms with Crippen LogP contribution >= 0.6 is 0 Å². The van der Waals surface area contributed by atoms with Gasteiger partial charge in [0.15, 0.2) is 0 Å². The van der Waals surface area contributed by atoms with Crippen LogP contribution in [0.25, 0.3) is 0 Å². The third-order valence-electron chi connectivity index (χ3n) is 35.8. The van der Waals surface area contributed by atoms with E-state index >= 15 is 0 Å². The summed E-state index contributed by atoms with van der Waals surface area (Å²) < 4.78 is 0. The van der Waals surface area contributed by atoms with Gasteiger partial charge < -0.3 is 35.7 Å². The van der Waals surface area contributed by atoms with Crippen molar-refractivity contribution in [1.29, 1.82) is 0 Å². The average Bonchev–Trinajstić information content (AvgIpc) is 1.72. The highest BCUT2D eigenvalue weighted by molar-refractivity contribution is 5.27. The first kappa shape index (κ1) is 84.1. The SMILES string of the molecule is C.CC[C@]1(O)CC[C@@]2(C)C(=CC[C@H]3[C@@H]4CC[C@H]([C@H](C)CC[C@@H](O)C(C)(C)C)[C@@]4(C)CC[C@@H]32)C1.CC[C@]1(O)CC[C@@]2(C)[C@@H](CC[C@@H]3[C@@H]2CC[C@]2(C)[C@@H]([C@H](C)CC[C@@H](O)C(C)(C)C)CC[C@@H]32)C1.CC[C@]1(O)CC[C@@]2(C)[C@H](CC[C@@H]3[C@@H]2CC[C@]2(C)[C@@H]([C@H](C)CC[C@@H](O)C(C)(C)C)CC[C@@H]32)C1.CO. The minimum atomic E-state index is -0.452. The number of aliphatic hydroxyl groups excluding tert-OH is 4. The lowest BCUT2D eigenvalue weighted by Crippen LogP contribution is -2.56. The number of hydrogen-bond donors (Lipinski definition) is 7. The minimum Gasteiger partial charge on any atom is -0.400 e. The van der Waals surface area contributed by atoms with Crippen molar-refractivity contribution in [3.63, 3.8) is 0 Å². The van der Waals surface area contributed by atoms with E-state index in [4.69, 9.17) is 5.11 Å². The van der Waals surface area contributed by atoms with E-state index in [1.54, 1.807) is 5.57 Å². The van der Waals surface area contributed by atoms with Crippen LogP contribution in [0.2, 0.25) is 0 Å². The predicted octanol–water partition coefficient (Wildman–Crippen LogP) is 23.0. The van der Waals surface area contributed by atoms with Crippen LogP contribution in [0.3, 0.4) is 0 Å². The maximum absolute atomic E-state index is 11.0. The van der Waals surface area contributed by atoms with E-state index in [1.165, 1.54) is 141 Å². The zero-order valence-electron chi connectivity index (χ0n) is 68.5. The Morgan fingerprint density at radius 2 is 0.687 bits per heavy atom. The van der Waals surface area contributed by atoms with Gasteiger partial charge in [0.2, 0.25) is 0 Å². The molecule has 12 aliphatic carbocycles. The Labute approximate surface area is 613 Å². The highest BCUT2D eigenvalue weighted by atomic mass is 16.3. The fraction of sp³-hybridized carbons (Fsp3) is 0.978. The molecule has 0 aromatic rings. The minimum absolute atomic E-state index is 0. The molecule has 11 fully saturated rings. The van der Waals surface area contributed by atoms with Gasteiger partial charge in [0.1, 0.15) is 0 Å². The molecule has 0 amide bonds. The predicted molar refractivity (Wildman–Crippen MR) is 418 cm³/mol. The van der Waals surface area contributed by atoms with Crippen molar-refractivity contribution in [2.45, 2.75) is 413 Å². The van der Waals surface area contributed by atoms with E-state index in [1.807, 2.05) is 0 Å². The molecule has 0 radical (unpaired) electrons. The van der Waals surface area contributed by atoms with Gasteiger partial charge in [0.25, 0.3) is 0 Å². The summed E-state index contributed by atoms with van der Waals surface area (Å²) >= 11 is 0. The zero-order valence-corrected chi connectivity index (χ0v) is 68.5. The summed E-state index contributed by atoms with van der Waals surface area (Å²) in [6.07, 6.45) is 44.6. The summed E-state index contributed by atoms with van der Waals surface area (Å²) in [5.74, 6) is 14.1. The van der Waals surface area contributed by atoms with Gasteiger partial charge in [-0.05, 0) is 374 Å². The Morgan fingerprint density at radius 1 is 0.374 bits per heavy atom.